The SMILES string of the molecule is Cc1cc(Cl)ccc1N1CCOCC1C#N. The van der Waals surface area contributed by atoms with Crippen LogP contribution in [0.15, 0.2) is 18.2 Å². The molecule has 4 heteroatoms. The Morgan fingerprint density at radius 1 is 1.56 bits per heavy atom. The van der Waals surface area contributed by atoms with Crippen molar-refractivity contribution in [2.45, 2.75) is 13.0 Å². The number of anilines is 1. The van der Waals surface area contributed by atoms with Crippen LogP contribution >= 0.6 is 11.6 Å². The highest BCUT2D eigenvalue weighted by atomic mass is 35.5. The molecular formula is C12H13ClN2O. The minimum atomic E-state index is -0.200. The van der Waals surface area contributed by atoms with Gasteiger partial charge in [-0.25, -0.2) is 0 Å². The van der Waals surface area contributed by atoms with Crippen molar-refractivity contribution in [2.75, 3.05) is 24.7 Å². The lowest BCUT2D eigenvalue weighted by molar-refractivity contribution is 0.107. The van der Waals surface area contributed by atoms with Gasteiger partial charge in [0.1, 0.15) is 6.04 Å². The van der Waals surface area contributed by atoms with E-state index in [4.69, 9.17) is 21.6 Å². The van der Waals surface area contributed by atoms with Crippen molar-refractivity contribution in [3.8, 4) is 6.07 Å². The third-order valence-corrected chi connectivity index (χ3v) is 2.98. The number of aryl methyl sites for hydroxylation is 1. The van der Waals surface area contributed by atoms with Gasteiger partial charge in [0, 0.05) is 17.3 Å². The summed E-state index contributed by atoms with van der Waals surface area (Å²) < 4.78 is 5.30. The summed E-state index contributed by atoms with van der Waals surface area (Å²) in [6.07, 6.45) is 0. The van der Waals surface area contributed by atoms with E-state index in [0.29, 0.717) is 13.2 Å². The molecule has 1 saturated heterocycles. The van der Waals surface area contributed by atoms with E-state index in [1.807, 2.05) is 25.1 Å². The van der Waals surface area contributed by atoms with Gasteiger partial charge in [-0.1, -0.05) is 11.6 Å². The third kappa shape index (κ3) is 2.13. The molecule has 0 N–H and O–H groups in total. The van der Waals surface area contributed by atoms with Crippen molar-refractivity contribution in [2.24, 2.45) is 0 Å². The largest absolute Gasteiger partial charge is 0.376 e. The maximum absolute atomic E-state index is 9.07. The van der Waals surface area contributed by atoms with Crippen LogP contribution in [0.3, 0.4) is 0 Å². The number of ether oxygens (including phenoxy) is 1. The quantitative estimate of drug-likeness (QED) is 0.751. The van der Waals surface area contributed by atoms with Gasteiger partial charge in [-0.05, 0) is 30.7 Å². The van der Waals surface area contributed by atoms with Crippen molar-refractivity contribution < 1.29 is 4.74 Å². The Kier molecular flexibility index (Phi) is 3.33. The summed E-state index contributed by atoms with van der Waals surface area (Å²) in [6.45, 7) is 3.89. The molecule has 0 amide bonds. The normalized spacial score (nSPS) is 20.6. The summed E-state index contributed by atoms with van der Waals surface area (Å²) in [6, 6.07) is 7.80. The number of hydrogen-bond donors (Lipinski definition) is 0. The lowest BCUT2D eigenvalue weighted by atomic mass is 10.1. The van der Waals surface area contributed by atoms with Crippen LogP contribution in [0.2, 0.25) is 5.02 Å². The van der Waals surface area contributed by atoms with Crippen LogP contribution in [0, 0.1) is 18.3 Å². The average molecular weight is 237 g/mol. The maximum atomic E-state index is 9.07. The van der Waals surface area contributed by atoms with Crippen molar-refractivity contribution >= 4 is 17.3 Å². The van der Waals surface area contributed by atoms with Gasteiger partial charge in [0.25, 0.3) is 0 Å². The van der Waals surface area contributed by atoms with E-state index in [-0.39, 0.29) is 6.04 Å². The van der Waals surface area contributed by atoms with Crippen LogP contribution in [0.4, 0.5) is 5.69 Å². The molecule has 2 rings (SSSR count). The molecule has 0 radical (unpaired) electrons. The van der Waals surface area contributed by atoms with Crippen molar-refractivity contribution in [3.63, 3.8) is 0 Å². The highest BCUT2D eigenvalue weighted by Crippen LogP contribution is 2.26. The number of morpholine rings is 1. The first-order chi connectivity index (χ1) is 7.72. The van der Waals surface area contributed by atoms with E-state index >= 15 is 0 Å². The number of rotatable bonds is 1. The molecule has 1 unspecified atom stereocenters. The number of nitrogens with zero attached hydrogens (tertiary/aromatic N) is 2. The molecule has 0 aromatic heterocycles. The van der Waals surface area contributed by atoms with Gasteiger partial charge < -0.3 is 9.64 Å². The Labute approximate surface area is 100 Å². The Bertz CT molecular complexity index is 428. The van der Waals surface area contributed by atoms with Crippen molar-refractivity contribution in [3.05, 3.63) is 28.8 Å². The van der Waals surface area contributed by atoms with Gasteiger partial charge >= 0.3 is 0 Å². The Balaban J connectivity index is 2.31. The number of nitriles is 1. The molecule has 84 valence electrons. The zero-order chi connectivity index (χ0) is 11.5. The van der Waals surface area contributed by atoms with Crippen LogP contribution < -0.4 is 4.90 Å². The molecular weight excluding hydrogens is 224 g/mol. The summed E-state index contributed by atoms with van der Waals surface area (Å²) in [4.78, 5) is 2.08. The number of hydrogen-bond acceptors (Lipinski definition) is 3. The summed E-state index contributed by atoms with van der Waals surface area (Å²) in [5, 5.41) is 9.80. The zero-order valence-corrected chi connectivity index (χ0v) is 9.87. The van der Waals surface area contributed by atoms with Gasteiger partial charge in [-0.2, -0.15) is 5.26 Å². The van der Waals surface area contributed by atoms with E-state index in [1.54, 1.807) is 0 Å². The topological polar surface area (TPSA) is 36.3 Å². The fourth-order valence-corrected chi connectivity index (χ4v) is 2.17. The number of halogens is 1. The lowest BCUT2D eigenvalue weighted by Crippen LogP contribution is -2.45. The fourth-order valence-electron chi connectivity index (χ4n) is 1.94. The second-order valence-electron chi connectivity index (χ2n) is 3.84. The highest BCUT2D eigenvalue weighted by Gasteiger charge is 2.23. The molecule has 0 saturated carbocycles. The second kappa shape index (κ2) is 4.73. The van der Waals surface area contributed by atoms with Crippen molar-refractivity contribution in [1.29, 1.82) is 5.26 Å². The van der Waals surface area contributed by atoms with E-state index in [9.17, 15) is 0 Å². The third-order valence-electron chi connectivity index (χ3n) is 2.75. The van der Waals surface area contributed by atoms with E-state index in [0.717, 1.165) is 22.8 Å². The summed E-state index contributed by atoms with van der Waals surface area (Å²) in [7, 11) is 0. The summed E-state index contributed by atoms with van der Waals surface area (Å²) in [5.74, 6) is 0. The van der Waals surface area contributed by atoms with Gasteiger partial charge in [-0.15, -0.1) is 0 Å². The summed E-state index contributed by atoms with van der Waals surface area (Å²) >= 11 is 5.92. The van der Waals surface area contributed by atoms with Crippen LogP contribution in [-0.4, -0.2) is 25.8 Å². The van der Waals surface area contributed by atoms with Gasteiger partial charge in [-0.3, -0.25) is 0 Å². The Morgan fingerprint density at radius 2 is 2.38 bits per heavy atom. The molecule has 16 heavy (non-hydrogen) atoms. The minimum Gasteiger partial charge on any atom is -0.376 e. The average Bonchev–Trinajstić information content (AvgIpc) is 2.29. The maximum Gasteiger partial charge on any atom is 0.140 e. The highest BCUT2D eigenvalue weighted by molar-refractivity contribution is 6.30. The first-order valence-electron chi connectivity index (χ1n) is 5.22. The first-order valence-corrected chi connectivity index (χ1v) is 5.60. The Morgan fingerprint density at radius 3 is 3.06 bits per heavy atom. The van der Waals surface area contributed by atoms with Gasteiger partial charge in [0.05, 0.1) is 19.3 Å². The van der Waals surface area contributed by atoms with E-state index < -0.39 is 0 Å². The summed E-state index contributed by atoms with van der Waals surface area (Å²) in [5.41, 5.74) is 2.16. The molecule has 1 aliphatic heterocycles. The fraction of sp³-hybridized carbons (Fsp3) is 0.417. The Hall–Kier alpha value is -1.24. The van der Waals surface area contributed by atoms with Crippen LogP contribution in [-0.2, 0) is 4.74 Å². The molecule has 1 atom stereocenters. The molecule has 1 fully saturated rings. The minimum absolute atomic E-state index is 0.200. The molecule has 1 aromatic carbocycles. The predicted molar refractivity (Wildman–Crippen MR) is 63.8 cm³/mol. The molecule has 1 heterocycles. The standard InChI is InChI=1S/C12H13ClN2O/c1-9-6-10(13)2-3-12(9)15-4-5-16-8-11(15)7-14/h2-3,6,11H,4-5,8H2,1H3. The number of benzene rings is 1. The monoisotopic (exact) mass is 236 g/mol. The molecule has 1 aromatic rings. The molecule has 1 aliphatic rings. The van der Waals surface area contributed by atoms with E-state index in [2.05, 4.69) is 11.0 Å². The van der Waals surface area contributed by atoms with Crippen molar-refractivity contribution in [1.82, 2.24) is 0 Å². The van der Waals surface area contributed by atoms with Gasteiger partial charge in [0.15, 0.2) is 0 Å². The predicted octanol–water partition coefficient (Wildman–Crippen LogP) is 2.38. The molecule has 0 aliphatic carbocycles. The molecule has 3 nitrogen and oxygen atoms in total. The molecule has 0 spiro atoms. The van der Waals surface area contributed by atoms with E-state index in [1.165, 1.54) is 0 Å². The van der Waals surface area contributed by atoms with Gasteiger partial charge in [0.2, 0.25) is 0 Å². The smallest absolute Gasteiger partial charge is 0.140 e. The zero-order valence-electron chi connectivity index (χ0n) is 9.11. The van der Waals surface area contributed by atoms with Crippen LogP contribution in [0.1, 0.15) is 5.56 Å². The van der Waals surface area contributed by atoms with Crippen LogP contribution in [0.5, 0.6) is 0 Å². The first kappa shape index (κ1) is 11.3. The van der Waals surface area contributed by atoms with Crippen LogP contribution in [0.25, 0.3) is 0 Å². The molecule has 0 bridgehead atoms. The second-order valence-corrected chi connectivity index (χ2v) is 4.28. The lowest BCUT2D eigenvalue weighted by Gasteiger charge is -2.34.